The first-order chi connectivity index (χ1) is 20.5. The maximum absolute atomic E-state index is 14.2. The first-order valence-electron chi connectivity index (χ1n) is 14.1. The summed E-state index contributed by atoms with van der Waals surface area (Å²) in [5.41, 5.74) is 4.51. The van der Waals surface area contributed by atoms with Crippen LogP contribution in [0.3, 0.4) is 0 Å². The molecule has 2 rings (SSSR count). The molecule has 10 heteroatoms. The van der Waals surface area contributed by atoms with E-state index in [1.165, 1.54) is 44.3 Å². The van der Waals surface area contributed by atoms with Gasteiger partial charge in [0.15, 0.2) is 11.6 Å². The predicted octanol–water partition coefficient (Wildman–Crippen LogP) is 3.45. The maximum Gasteiger partial charge on any atom is 1.00 e. The summed E-state index contributed by atoms with van der Waals surface area (Å²) in [4.78, 5) is 23.2. The van der Waals surface area contributed by atoms with E-state index in [-0.39, 0.29) is 121 Å². The van der Waals surface area contributed by atoms with Crippen LogP contribution in [0.15, 0.2) is 47.6 Å². The molecule has 0 spiro atoms. The Morgan fingerprint density at radius 1 is 1.15 bits per heavy atom. The molecule has 2 aromatic rings. The number of carbonyl (C=O) groups is 1. The fourth-order valence-electron chi connectivity index (χ4n) is 3.60. The summed E-state index contributed by atoms with van der Waals surface area (Å²) in [7, 11) is 1.53. The average Bonchev–Trinajstić information content (AvgIpc) is 3.00. The monoisotopic (exact) mass is 687 g/mol. The summed E-state index contributed by atoms with van der Waals surface area (Å²) in [5, 5.41) is 12.9. The number of hydrogen-bond donors (Lipinski definition) is 3. The second-order valence-corrected chi connectivity index (χ2v) is 9.64. The van der Waals surface area contributed by atoms with Gasteiger partial charge in [0.1, 0.15) is 6.79 Å². The number of aryl methyl sites for hydroxylation is 1. The minimum Gasteiger partial charge on any atom is -0.518 e. The van der Waals surface area contributed by atoms with E-state index in [0.29, 0.717) is 16.8 Å². The molecule has 46 heavy (non-hydrogen) atoms. The van der Waals surface area contributed by atoms with Crippen molar-refractivity contribution in [1.29, 1.82) is 5.41 Å². The minimum absolute atomic E-state index is 0. The zero-order valence-corrected chi connectivity index (χ0v) is 36.2. The quantitative estimate of drug-likeness (QED) is 0.171. The molecule has 0 aliphatic heterocycles. The molecular weight excluding hydrogens is 637 g/mol. The number of nitrogens with one attached hydrogen (secondary N) is 3. The van der Waals surface area contributed by atoms with Gasteiger partial charge in [0.2, 0.25) is 0 Å². The smallest absolute Gasteiger partial charge is 0.518 e. The van der Waals surface area contributed by atoms with Crippen LogP contribution in [0.1, 0.15) is 84.4 Å². The Hall–Kier alpha value is -0.797. The summed E-state index contributed by atoms with van der Waals surface area (Å²) >= 11 is 0. The first kappa shape index (κ1) is 54.6. The third-order valence-corrected chi connectivity index (χ3v) is 5.93. The van der Waals surface area contributed by atoms with Crippen LogP contribution in [0.4, 0.5) is 20.2 Å². The molecule has 6 nitrogen and oxygen atoms in total. The van der Waals surface area contributed by atoms with Crippen molar-refractivity contribution in [3.05, 3.63) is 97.9 Å². The van der Waals surface area contributed by atoms with E-state index in [1.807, 2.05) is 33.0 Å². The molecule has 0 radical (unpaired) electrons. The Bertz CT molecular complexity index is 1200. The number of halogens is 2. The number of rotatable bonds is 13. The molecule has 0 amide bonds. The zero-order chi connectivity index (χ0) is 33.4. The number of allylic oxidation sites excluding steroid dienone is 2. The van der Waals surface area contributed by atoms with Crippen LogP contribution in [-0.2, 0) is 16.0 Å². The molecule has 3 N–H and O–H groups in total. The van der Waals surface area contributed by atoms with Gasteiger partial charge >= 0.3 is 103 Å². The van der Waals surface area contributed by atoms with Crippen LogP contribution in [0.5, 0.6) is 0 Å². The van der Waals surface area contributed by atoms with Gasteiger partial charge in [-0.3, -0.25) is 17.6 Å². The Labute approximate surface area is 363 Å². The average molecular weight is 688 g/mol. The molecule has 0 aromatic heterocycles. The normalized spacial score (nSPS) is 10.5. The molecule has 1 unspecified atom stereocenters. The second kappa shape index (κ2) is 34.1. The molecule has 246 valence electrons. The minimum atomic E-state index is -0.913. The zero-order valence-electron chi connectivity index (χ0n) is 29.9. The van der Waals surface area contributed by atoms with Crippen LogP contribution >= 0.6 is 0 Å². The van der Waals surface area contributed by atoms with Crippen LogP contribution in [0.2, 0.25) is 0 Å². The van der Waals surface area contributed by atoms with Gasteiger partial charge in [-0.05, 0) is 50.1 Å². The Balaban J connectivity index is -0.000000264. The van der Waals surface area contributed by atoms with Gasteiger partial charge in [0, 0.05) is 24.5 Å². The van der Waals surface area contributed by atoms with E-state index >= 15 is 0 Å². The molecule has 0 saturated heterocycles. The number of aliphatic imine (C=N–C) groups is 1. The molecule has 0 bridgehead atoms. The van der Waals surface area contributed by atoms with Crippen LogP contribution in [-0.4, -0.2) is 31.5 Å². The van der Waals surface area contributed by atoms with Gasteiger partial charge in [-0.25, -0.2) is 8.78 Å². The number of anilines is 2. The molecule has 0 aliphatic rings. The van der Waals surface area contributed by atoms with Crippen LogP contribution < -0.4 is 113 Å². The Morgan fingerprint density at radius 3 is 2.22 bits per heavy atom. The molecule has 1 atom stereocenters. The van der Waals surface area contributed by atoms with Gasteiger partial charge in [-0.2, -0.15) is 19.4 Å². The molecule has 0 heterocycles. The maximum atomic E-state index is 14.2. The molecule has 0 saturated carbocycles. The second-order valence-electron chi connectivity index (χ2n) is 9.64. The fraction of sp³-hybridized carbons (Fsp3) is 0.361. The summed E-state index contributed by atoms with van der Waals surface area (Å²) in [6.07, 6.45) is 11.2. The van der Waals surface area contributed by atoms with Crippen molar-refractivity contribution in [1.82, 2.24) is 0 Å². The summed E-state index contributed by atoms with van der Waals surface area (Å²) in [6, 6.07) is 8.38. The summed E-state index contributed by atoms with van der Waals surface area (Å²) in [6.45, 7) is 21.8. The van der Waals surface area contributed by atoms with E-state index < -0.39 is 11.6 Å². The van der Waals surface area contributed by atoms with Crippen LogP contribution in [0, 0.1) is 49.9 Å². The molecule has 2 aromatic carbocycles. The van der Waals surface area contributed by atoms with Gasteiger partial charge in [-0.1, -0.05) is 52.2 Å². The van der Waals surface area contributed by atoms with Gasteiger partial charge in [0.25, 0.3) is 0 Å². The number of hydrogen-bond acceptors (Lipinski definition) is 6. The molecule has 0 aliphatic carbocycles. The van der Waals surface area contributed by atoms with Crippen molar-refractivity contribution in [2.24, 2.45) is 10.9 Å². The van der Waals surface area contributed by atoms with E-state index in [9.17, 15) is 13.6 Å². The molecule has 0 fully saturated rings. The van der Waals surface area contributed by atoms with Gasteiger partial charge in [0.05, 0.1) is 12.0 Å². The van der Waals surface area contributed by atoms with Crippen molar-refractivity contribution in [3.8, 4) is 0 Å². The van der Waals surface area contributed by atoms with Crippen molar-refractivity contribution in [2.45, 2.75) is 74.1 Å². The number of nitrogens with zero attached hydrogens (tertiary/aromatic N) is 1. The first-order valence-corrected chi connectivity index (χ1v) is 14.1. The molecular formula is C36H51F2K2N4O2-3. The van der Waals surface area contributed by atoms with Gasteiger partial charge < -0.3 is 46.1 Å². The third kappa shape index (κ3) is 23.5. The largest absolute Gasteiger partial charge is 1.00 e. The Kier molecular flexibility index (Phi) is 40.5. The van der Waals surface area contributed by atoms with Crippen molar-refractivity contribution in [2.75, 3.05) is 17.7 Å². The van der Waals surface area contributed by atoms with E-state index in [2.05, 4.69) is 35.9 Å². The number of benzene rings is 2. The SMILES string of the molecule is C=O.CCc1cc(N[CH-]C(C)=N/C=C(\C)c2ccc(NC)c(F)c2F)ccc1[C-]=O.C[CH-]CC(C)CCC(C)=N.[CH-]=CC.[CH3-].[K+].[K+]. The van der Waals surface area contributed by atoms with E-state index in [4.69, 9.17) is 16.8 Å². The topological polar surface area (TPSA) is 94.4 Å². The third-order valence-electron chi connectivity index (χ3n) is 5.93. The van der Waals surface area contributed by atoms with Crippen molar-refractivity contribution >= 4 is 41.4 Å². The fourth-order valence-corrected chi connectivity index (χ4v) is 3.60. The number of carbonyl (C=O) groups excluding carboxylic acids is 2. The van der Waals surface area contributed by atoms with Crippen molar-refractivity contribution in [3.63, 3.8) is 0 Å². The summed E-state index contributed by atoms with van der Waals surface area (Å²) < 4.78 is 28.1. The van der Waals surface area contributed by atoms with Crippen LogP contribution in [0.25, 0.3) is 5.57 Å². The van der Waals surface area contributed by atoms with Crippen molar-refractivity contribution < 1.29 is 121 Å². The summed E-state index contributed by atoms with van der Waals surface area (Å²) in [5.74, 6) is -1.07. The standard InChI is InChI=1S/C22H23F2N3O.C9H18N.C3H5.CH2O.CH3.2K/c1-5-16-10-18(7-6-17(16)13-28)27-12-15(3)26-11-14(2)19-8-9-20(25-4)22(24)21(19)23;1-4-5-8(2)6-7-9(3)10;1-3-2;1-2;;;/h6-12,25,27H,5H2,1-4H3;4,8,10H,5-7H2,1-3H3;1,3H,2H3;1H2;1H3;;/q-2;2*-1;;-1;2*+1/b14-11+,26-15?;;;;;;. The van der Waals surface area contributed by atoms with E-state index in [0.717, 1.165) is 35.7 Å². The predicted molar refractivity (Wildman–Crippen MR) is 186 cm³/mol. The Morgan fingerprint density at radius 2 is 1.74 bits per heavy atom. The van der Waals surface area contributed by atoms with Gasteiger partial charge in [-0.15, -0.1) is 16.8 Å². The van der Waals surface area contributed by atoms with E-state index in [1.54, 1.807) is 39.4 Å².